The van der Waals surface area contributed by atoms with Crippen molar-refractivity contribution in [2.45, 2.75) is 51.0 Å². The second-order valence-corrected chi connectivity index (χ2v) is 7.97. The predicted octanol–water partition coefficient (Wildman–Crippen LogP) is 4.58. The van der Waals surface area contributed by atoms with E-state index in [-0.39, 0.29) is 24.7 Å². The van der Waals surface area contributed by atoms with E-state index in [2.05, 4.69) is 10.6 Å². The van der Waals surface area contributed by atoms with Crippen LogP contribution in [0.15, 0.2) is 48.5 Å². The van der Waals surface area contributed by atoms with E-state index >= 15 is 0 Å². The zero-order chi connectivity index (χ0) is 20.8. The molecule has 2 N–H and O–H groups in total. The van der Waals surface area contributed by atoms with Crippen LogP contribution in [0.1, 0.15) is 44.9 Å². The number of fused-ring (bicyclic) bond motifs is 1. The van der Waals surface area contributed by atoms with E-state index in [9.17, 15) is 9.59 Å². The molecule has 2 aliphatic rings. The third kappa shape index (κ3) is 5.12. The first-order chi connectivity index (χ1) is 14.7. The van der Waals surface area contributed by atoms with E-state index in [0.717, 1.165) is 17.1 Å². The van der Waals surface area contributed by atoms with Crippen molar-refractivity contribution in [1.29, 1.82) is 0 Å². The maximum atomic E-state index is 12.6. The summed E-state index contributed by atoms with van der Waals surface area (Å²) in [6.45, 7) is 0.975. The molecule has 1 aliphatic heterocycles. The van der Waals surface area contributed by atoms with Crippen molar-refractivity contribution < 1.29 is 14.3 Å². The lowest BCUT2D eigenvalue weighted by molar-refractivity contribution is -0.122. The number of hydrogen-bond donors (Lipinski definition) is 2. The second kappa shape index (κ2) is 9.65. The molecule has 0 atom stereocenters. The standard InChI is InChI=1S/C24H29N3O3/c28-23(14-15-24(29)27-16-17-30-22-9-5-4-8-21(22)27)26-20-12-10-19(11-13-20)25-18-6-2-1-3-7-18/h4-5,8-13,18,25H,1-3,6-7,14-17H2,(H,26,28). The Balaban J connectivity index is 1.25. The lowest BCUT2D eigenvalue weighted by Crippen LogP contribution is -2.38. The number of nitrogens with zero attached hydrogens (tertiary/aromatic N) is 1. The number of para-hydroxylation sites is 2. The number of ether oxygens (including phenoxy) is 1. The van der Waals surface area contributed by atoms with Crippen LogP contribution in [0.4, 0.5) is 17.1 Å². The molecule has 1 heterocycles. The zero-order valence-electron chi connectivity index (χ0n) is 17.2. The van der Waals surface area contributed by atoms with Crippen LogP contribution < -0.4 is 20.3 Å². The molecule has 6 nitrogen and oxygen atoms in total. The molecule has 30 heavy (non-hydrogen) atoms. The minimum Gasteiger partial charge on any atom is -0.490 e. The van der Waals surface area contributed by atoms with Gasteiger partial charge in [-0.1, -0.05) is 31.4 Å². The van der Waals surface area contributed by atoms with Gasteiger partial charge in [0.2, 0.25) is 11.8 Å². The number of nitrogens with one attached hydrogen (secondary N) is 2. The average molecular weight is 408 g/mol. The minimum absolute atomic E-state index is 0.0621. The van der Waals surface area contributed by atoms with E-state index in [0.29, 0.717) is 24.9 Å². The summed E-state index contributed by atoms with van der Waals surface area (Å²) in [6.07, 6.45) is 6.69. The number of hydrogen-bond acceptors (Lipinski definition) is 4. The smallest absolute Gasteiger partial charge is 0.227 e. The normalized spacial score (nSPS) is 16.3. The van der Waals surface area contributed by atoms with Crippen molar-refractivity contribution in [1.82, 2.24) is 0 Å². The van der Waals surface area contributed by atoms with Gasteiger partial charge in [-0.25, -0.2) is 0 Å². The van der Waals surface area contributed by atoms with Gasteiger partial charge in [0.25, 0.3) is 0 Å². The van der Waals surface area contributed by atoms with Gasteiger partial charge in [-0.15, -0.1) is 0 Å². The Morgan fingerprint density at radius 1 is 0.933 bits per heavy atom. The molecule has 0 unspecified atom stereocenters. The number of benzene rings is 2. The quantitative estimate of drug-likeness (QED) is 0.736. The predicted molar refractivity (Wildman–Crippen MR) is 119 cm³/mol. The third-order valence-corrected chi connectivity index (χ3v) is 5.74. The van der Waals surface area contributed by atoms with Gasteiger partial charge >= 0.3 is 0 Å². The van der Waals surface area contributed by atoms with Gasteiger partial charge in [0.15, 0.2) is 0 Å². The first kappa shape index (κ1) is 20.3. The zero-order valence-corrected chi connectivity index (χ0v) is 17.2. The van der Waals surface area contributed by atoms with Crippen LogP contribution >= 0.6 is 0 Å². The van der Waals surface area contributed by atoms with Gasteiger partial charge in [-0.05, 0) is 49.2 Å². The Kier molecular flexibility index (Phi) is 6.52. The first-order valence-electron chi connectivity index (χ1n) is 10.9. The Bertz CT molecular complexity index is 876. The van der Waals surface area contributed by atoms with Crippen molar-refractivity contribution in [3.8, 4) is 5.75 Å². The van der Waals surface area contributed by atoms with Crippen LogP contribution in [0, 0.1) is 0 Å². The van der Waals surface area contributed by atoms with Crippen LogP contribution in [0.3, 0.4) is 0 Å². The molecular weight excluding hydrogens is 378 g/mol. The van der Waals surface area contributed by atoms with Crippen molar-refractivity contribution in [3.05, 3.63) is 48.5 Å². The molecule has 6 heteroatoms. The summed E-state index contributed by atoms with van der Waals surface area (Å²) in [5, 5.41) is 6.46. The summed E-state index contributed by atoms with van der Waals surface area (Å²) in [6, 6.07) is 15.9. The topological polar surface area (TPSA) is 70.7 Å². The Hall–Kier alpha value is -3.02. The Labute approximate surface area is 177 Å². The lowest BCUT2D eigenvalue weighted by Gasteiger charge is -2.29. The fourth-order valence-corrected chi connectivity index (χ4v) is 4.14. The Morgan fingerprint density at radius 2 is 1.67 bits per heavy atom. The molecule has 158 valence electrons. The largest absolute Gasteiger partial charge is 0.490 e. The molecule has 0 spiro atoms. The van der Waals surface area contributed by atoms with E-state index < -0.39 is 0 Å². The number of anilines is 3. The van der Waals surface area contributed by atoms with Gasteiger partial charge in [0.1, 0.15) is 12.4 Å². The maximum absolute atomic E-state index is 12.6. The second-order valence-electron chi connectivity index (χ2n) is 7.97. The molecule has 0 bridgehead atoms. The van der Waals surface area contributed by atoms with E-state index in [1.54, 1.807) is 4.90 Å². The number of rotatable bonds is 6. The number of carbonyl (C=O) groups is 2. The van der Waals surface area contributed by atoms with Gasteiger partial charge < -0.3 is 20.3 Å². The van der Waals surface area contributed by atoms with E-state index in [1.807, 2.05) is 48.5 Å². The molecule has 0 saturated heterocycles. The summed E-state index contributed by atoms with van der Waals surface area (Å²) in [5.41, 5.74) is 2.61. The van der Waals surface area contributed by atoms with Crippen LogP contribution in [0.2, 0.25) is 0 Å². The van der Waals surface area contributed by atoms with Crippen molar-refractivity contribution in [3.63, 3.8) is 0 Å². The monoisotopic (exact) mass is 407 g/mol. The van der Waals surface area contributed by atoms with Crippen LogP contribution in [0.25, 0.3) is 0 Å². The summed E-state index contributed by atoms with van der Waals surface area (Å²) in [4.78, 5) is 26.7. The molecule has 1 fully saturated rings. The van der Waals surface area contributed by atoms with Gasteiger partial charge in [-0.2, -0.15) is 0 Å². The van der Waals surface area contributed by atoms with Crippen LogP contribution in [0.5, 0.6) is 5.75 Å². The molecule has 1 saturated carbocycles. The highest BCUT2D eigenvalue weighted by molar-refractivity contribution is 5.99. The molecule has 1 aliphatic carbocycles. The highest BCUT2D eigenvalue weighted by atomic mass is 16.5. The van der Waals surface area contributed by atoms with Gasteiger partial charge in [0.05, 0.1) is 12.2 Å². The van der Waals surface area contributed by atoms with Gasteiger partial charge in [-0.3, -0.25) is 9.59 Å². The molecule has 2 amide bonds. The molecule has 4 rings (SSSR count). The summed E-state index contributed by atoms with van der Waals surface area (Å²) in [7, 11) is 0. The molecule has 0 radical (unpaired) electrons. The van der Waals surface area contributed by atoms with Crippen molar-refractivity contribution in [2.75, 3.05) is 28.7 Å². The fourth-order valence-electron chi connectivity index (χ4n) is 4.14. The maximum Gasteiger partial charge on any atom is 0.227 e. The van der Waals surface area contributed by atoms with Crippen molar-refractivity contribution >= 4 is 28.9 Å². The lowest BCUT2D eigenvalue weighted by atomic mass is 9.95. The highest BCUT2D eigenvalue weighted by Crippen LogP contribution is 2.31. The SMILES string of the molecule is O=C(CCC(=O)N1CCOc2ccccc21)Nc1ccc(NC2CCCCC2)cc1. The summed E-state index contributed by atoms with van der Waals surface area (Å²) < 4.78 is 5.59. The summed E-state index contributed by atoms with van der Waals surface area (Å²) >= 11 is 0. The van der Waals surface area contributed by atoms with E-state index in [1.165, 1.54) is 32.1 Å². The third-order valence-electron chi connectivity index (χ3n) is 5.74. The molecule has 2 aromatic rings. The molecule has 2 aromatic carbocycles. The first-order valence-corrected chi connectivity index (χ1v) is 10.9. The highest BCUT2D eigenvalue weighted by Gasteiger charge is 2.23. The molecular formula is C24H29N3O3. The Morgan fingerprint density at radius 3 is 2.47 bits per heavy atom. The average Bonchev–Trinajstić information content (AvgIpc) is 2.79. The van der Waals surface area contributed by atoms with Crippen molar-refractivity contribution in [2.24, 2.45) is 0 Å². The fraction of sp³-hybridized carbons (Fsp3) is 0.417. The number of amides is 2. The minimum atomic E-state index is -0.155. The van der Waals surface area contributed by atoms with Crippen LogP contribution in [-0.2, 0) is 9.59 Å². The number of carbonyl (C=O) groups excluding carboxylic acids is 2. The van der Waals surface area contributed by atoms with Crippen LogP contribution in [-0.4, -0.2) is 31.0 Å². The molecule has 0 aromatic heterocycles. The summed E-state index contributed by atoms with van der Waals surface area (Å²) in [5.74, 6) is 0.495. The van der Waals surface area contributed by atoms with Gasteiger partial charge in [0, 0.05) is 30.3 Å². The van der Waals surface area contributed by atoms with E-state index in [4.69, 9.17) is 4.74 Å².